The van der Waals surface area contributed by atoms with E-state index < -0.39 is 0 Å². The first-order valence-corrected chi connectivity index (χ1v) is 6.31. The average molecular weight is 251 g/mol. The van der Waals surface area contributed by atoms with Crippen molar-refractivity contribution in [2.75, 3.05) is 20.3 Å². The summed E-state index contributed by atoms with van der Waals surface area (Å²) in [6.07, 6.45) is 2.20. The zero-order valence-electron chi connectivity index (χ0n) is 10.9. The van der Waals surface area contributed by atoms with E-state index in [2.05, 4.69) is 12.2 Å². The summed E-state index contributed by atoms with van der Waals surface area (Å²) in [6.45, 7) is 3.15. The Morgan fingerprint density at radius 3 is 2.72 bits per heavy atom. The zero-order valence-corrected chi connectivity index (χ0v) is 10.9. The lowest BCUT2D eigenvalue weighted by Gasteiger charge is -2.19. The maximum atomic E-state index is 9.55. The van der Waals surface area contributed by atoms with Crippen LogP contribution in [0.5, 0.6) is 11.5 Å². The molecule has 1 fully saturated rings. The van der Waals surface area contributed by atoms with Gasteiger partial charge in [-0.05, 0) is 37.5 Å². The number of hydrogen-bond acceptors (Lipinski definition) is 4. The van der Waals surface area contributed by atoms with E-state index in [1.807, 2.05) is 12.1 Å². The molecule has 0 aliphatic heterocycles. The molecule has 0 bridgehead atoms. The van der Waals surface area contributed by atoms with E-state index in [-0.39, 0.29) is 23.8 Å². The highest BCUT2D eigenvalue weighted by Gasteiger charge is 2.41. The van der Waals surface area contributed by atoms with E-state index in [1.54, 1.807) is 13.2 Å². The summed E-state index contributed by atoms with van der Waals surface area (Å²) in [4.78, 5) is 0. The molecule has 0 amide bonds. The molecule has 1 unspecified atom stereocenters. The Hall–Kier alpha value is -1.26. The molecule has 100 valence electrons. The number of phenols is 1. The normalized spacial score (nSPS) is 18.4. The van der Waals surface area contributed by atoms with Crippen molar-refractivity contribution in [1.29, 1.82) is 0 Å². The van der Waals surface area contributed by atoms with Crippen molar-refractivity contribution in [1.82, 2.24) is 5.32 Å². The van der Waals surface area contributed by atoms with Crippen molar-refractivity contribution in [2.45, 2.75) is 25.8 Å². The highest BCUT2D eigenvalue weighted by Crippen LogP contribution is 2.44. The lowest BCUT2D eigenvalue weighted by Crippen LogP contribution is -2.28. The molecule has 1 saturated carbocycles. The second-order valence-electron chi connectivity index (χ2n) is 5.19. The van der Waals surface area contributed by atoms with Gasteiger partial charge in [0, 0.05) is 24.6 Å². The van der Waals surface area contributed by atoms with E-state index >= 15 is 0 Å². The van der Waals surface area contributed by atoms with Gasteiger partial charge in [0.2, 0.25) is 0 Å². The van der Waals surface area contributed by atoms with Gasteiger partial charge in [0.1, 0.15) is 0 Å². The van der Waals surface area contributed by atoms with E-state index in [0.29, 0.717) is 5.75 Å². The Labute approximate surface area is 108 Å². The van der Waals surface area contributed by atoms with Gasteiger partial charge in [0.05, 0.1) is 7.11 Å². The van der Waals surface area contributed by atoms with Crippen LogP contribution in [0.2, 0.25) is 0 Å². The maximum absolute atomic E-state index is 9.55. The molecule has 0 heterocycles. The molecule has 0 spiro atoms. The number of phenolic OH excluding ortho intramolecular Hbond substituents is 1. The van der Waals surface area contributed by atoms with Gasteiger partial charge in [-0.2, -0.15) is 0 Å². The molecule has 0 aromatic heterocycles. The van der Waals surface area contributed by atoms with Crippen LogP contribution in [0, 0.1) is 5.41 Å². The highest BCUT2D eigenvalue weighted by molar-refractivity contribution is 5.42. The number of rotatable bonds is 6. The van der Waals surface area contributed by atoms with Crippen molar-refractivity contribution in [3.63, 3.8) is 0 Å². The molecule has 1 aliphatic rings. The fourth-order valence-corrected chi connectivity index (χ4v) is 2.02. The summed E-state index contributed by atoms with van der Waals surface area (Å²) in [6, 6.07) is 5.54. The fraction of sp³-hybridized carbons (Fsp3) is 0.571. The minimum absolute atomic E-state index is 0.106. The molecule has 2 rings (SSSR count). The first-order chi connectivity index (χ1) is 8.60. The summed E-state index contributed by atoms with van der Waals surface area (Å²) >= 11 is 0. The Balaban J connectivity index is 1.98. The minimum atomic E-state index is 0.106. The second kappa shape index (κ2) is 5.16. The molecular formula is C14H21NO3. The molecule has 1 atom stereocenters. The summed E-state index contributed by atoms with van der Waals surface area (Å²) in [5.41, 5.74) is 1.17. The molecule has 4 heteroatoms. The Morgan fingerprint density at radius 1 is 1.44 bits per heavy atom. The summed E-state index contributed by atoms with van der Waals surface area (Å²) in [5.74, 6) is 0.645. The van der Waals surface area contributed by atoms with Crippen LogP contribution in [0.4, 0.5) is 0 Å². The second-order valence-corrected chi connectivity index (χ2v) is 5.19. The third-order valence-electron chi connectivity index (χ3n) is 3.78. The highest BCUT2D eigenvalue weighted by atomic mass is 16.5. The van der Waals surface area contributed by atoms with Gasteiger partial charge in [-0.15, -0.1) is 0 Å². The Bertz CT molecular complexity index is 416. The zero-order chi connectivity index (χ0) is 13.2. The monoisotopic (exact) mass is 251 g/mol. The van der Waals surface area contributed by atoms with Crippen molar-refractivity contribution < 1.29 is 14.9 Å². The molecule has 1 aromatic rings. The molecule has 1 aromatic carbocycles. The molecule has 3 N–H and O–H groups in total. The number of aliphatic hydroxyl groups excluding tert-OH is 1. The largest absolute Gasteiger partial charge is 0.504 e. The van der Waals surface area contributed by atoms with E-state index in [1.165, 1.54) is 0 Å². The Morgan fingerprint density at radius 2 is 2.17 bits per heavy atom. The van der Waals surface area contributed by atoms with Crippen LogP contribution >= 0.6 is 0 Å². The standard InChI is InChI=1S/C14H21NO3/c1-10(15-8-14(9-16)5-6-14)11-3-4-12(17)13(7-11)18-2/h3-4,7,10,15-17H,5-6,8-9H2,1-2H3. The average Bonchev–Trinajstić information content (AvgIpc) is 3.17. The first-order valence-electron chi connectivity index (χ1n) is 6.31. The summed E-state index contributed by atoms with van der Waals surface area (Å²) < 4.78 is 5.10. The first kappa shape index (κ1) is 13.2. The predicted molar refractivity (Wildman–Crippen MR) is 69.8 cm³/mol. The van der Waals surface area contributed by atoms with Crippen LogP contribution in [0.25, 0.3) is 0 Å². The van der Waals surface area contributed by atoms with Crippen molar-refractivity contribution in [2.24, 2.45) is 5.41 Å². The lowest BCUT2D eigenvalue weighted by molar-refractivity contribution is 0.204. The van der Waals surface area contributed by atoms with Crippen LogP contribution in [0.3, 0.4) is 0 Å². The van der Waals surface area contributed by atoms with Crippen LogP contribution in [-0.4, -0.2) is 30.5 Å². The smallest absolute Gasteiger partial charge is 0.160 e. The third-order valence-corrected chi connectivity index (χ3v) is 3.78. The number of methoxy groups -OCH3 is 1. The molecular weight excluding hydrogens is 230 g/mol. The van der Waals surface area contributed by atoms with E-state index in [4.69, 9.17) is 4.74 Å². The van der Waals surface area contributed by atoms with Crippen LogP contribution in [0.15, 0.2) is 18.2 Å². The van der Waals surface area contributed by atoms with Gasteiger partial charge >= 0.3 is 0 Å². The number of hydrogen-bond donors (Lipinski definition) is 3. The fourth-order valence-electron chi connectivity index (χ4n) is 2.02. The predicted octanol–water partition coefficient (Wildman–Crippen LogP) is 1.82. The minimum Gasteiger partial charge on any atom is -0.504 e. The van der Waals surface area contributed by atoms with Crippen LogP contribution < -0.4 is 10.1 Å². The van der Waals surface area contributed by atoms with Crippen LogP contribution in [0.1, 0.15) is 31.4 Å². The number of benzene rings is 1. The van der Waals surface area contributed by atoms with Gasteiger partial charge in [-0.3, -0.25) is 0 Å². The quantitative estimate of drug-likeness (QED) is 0.722. The lowest BCUT2D eigenvalue weighted by atomic mass is 10.0. The van der Waals surface area contributed by atoms with Gasteiger partial charge in [0.15, 0.2) is 11.5 Å². The SMILES string of the molecule is COc1cc(C(C)NCC2(CO)CC2)ccc1O. The van der Waals surface area contributed by atoms with Gasteiger partial charge in [-0.1, -0.05) is 6.07 Å². The topological polar surface area (TPSA) is 61.7 Å². The van der Waals surface area contributed by atoms with E-state index in [0.717, 1.165) is 24.9 Å². The van der Waals surface area contributed by atoms with Gasteiger partial charge in [0.25, 0.3) is 0 Å². The van der Waals surface area contributed by atoms with Crippen molar-refractivity contribution >= 4 is 0 Å². The summed E-state index contributed by atoms with van der Waals surface area (Å²) in [7, 11) is 1.54. The number of aromatic hydroxyl groups is 1. The molecule has 1 aliphatic carbocycles. The molecule has 4 nitrogen and oxygen atoms in total. The van der Waals surface area contributed by atoms with Gasteiger partial charge < -0.3 is 20.3 Å². The van der Waals surface area contributed by atoms with E-state index in [9.17, 15) is 10.2 Å². The van der Waals surface area contributed by atoms with Crippen molar-refractivity contribution in [3.05, 3.63) is 23.8 Å². The number of ether oxygens (including phenoxy) is 1. The van der Waals surface area contributed by atoms with Gasteiger partial charge in [-0.25, -0.2) is 0 Å². The summed E-state index contributed by atoms with van der Waals surface area (Å²) in [5, 5.41) is 22.2. The van der Waals surface area contributed by atoms with Crippen LogP contribution in [-0.2, 0) is 0 Å². The maximum Gasteiger partial charge on any atom is 0.160 e. The molecule has 18 heavy (non-hydrogen) atoms. The van der Waals surface area contributed by atoms with Crippen molar-refractivity contribution in [3.8, 4) is 11.5 Å². The number of aliphatic hydroxyl groups is 1. The number of nitrogens with one attached hydrogen (secondary N) is 1. The molecule has 0 radical (unpaired) electrons. The molecule has 0 saturated heterocycles. The Kier molecular flexibility index (Phi) is 3.78. The third kappa shape index (κ3) is 2.76.